The van der Waals surface area contributed by atoms with Gasteiger partial charge in [0.2, 0.25) is 5.78 Å². The number of hydrogen-bond acceptors (Lipinski definition) is 4. The van der Waals surface area contributed by atoms with Gasteiger partial charge >= 0.3 is 0 Å². The van der Waals surface area contributed by atoms with E-state index in [2.05, 4.69) is 0 Å². The normalized spacial score (nSPS) is 18.0. The van der Waals surface area contributed by atoms with Crippen LogP contribution in [0.1, 0.15) is 23.6 Å². The van der Waals surface area contributed by atoms with Crippen molar-refractivity contribution in [3.8, 4) is 0 Å². The number of benzene rings is 2. The van der Waals surface area contributed by atoms with Crippen molar-refractivity contribution >= 4 is 17.3 Å². The molecule has 2 aromatic rings. The first-order valence-electron chi connectivity index (χ1n) is 8.88. The highest BCUT2D eigenvalue weighted by Crippen LogP contribution is 2.35. The van der Waals surface area contributed by atoms with Gasteiger partial charge < -0.3 is 11.5 Å². The molecule has 2 atom stereocenters. The topological polar surface area (TPSA) is 89.4 Å². The molecule has 0 saturated carbocycles. The summed E-state index contributed by atoms with van der Waals surface area (Å²) in [5.74, 6) is -2.77. The minimum Gasteiger partial charge on any atom is -0.363 e. The number of carbonyl (C=O) groups excluding carboxylic acids is 2. The Labute approximate surface area is 161 Å². The molecule has 4 N–H and O–H groups in total. The molecule has 1 aliphatic rings. The summed E-state index contributed by atoms with van der Waals surface area (Å²) >= 11 is 0. The molecule has 0 fully saturated rings. The average Bonchev–Trinajstić information content (AvgIpc) is 3.07. The van der Waals surface area contributed by atoms with Gasteiger partial charge in [-0.25, -0.2) is 8.78 Å². The number of nitrogens with zero attached hydrogens (tertiary/aromatic N) is 1. The van der Waals surface area contributed by atoms with Crippen LogP contribution >= 0.6 is 0 Å². The molecular weight excluding hydrogens is 364 g/mol. The molecule has 1 amide bonds. The van der Waals surface area contributed by atoms with Gasteiger partial charge in [0.25, 0.3) is 5.91 Å². The zero-order valence-corrected chi connectivity index (χ0v) is 15.1. The maximum Gasteiger partial charge on any atom is 0.284 e. The minimum atomic E-state index is -1.02. The molecule has 1 aliphatic heterocycles. The summed E-state index contributed by atoms with van der Waals surface area (Å²) in [6, 6.07) is 12.0. The van der Waals surface area contributed by atoms with E-state index in [1.807, 2.05) is 41.3 Å². The molecule has 1 unspecified atom stereocenters. The van der Waals surface area contributed by atoms with Crippen molar-refractivity contribution in [1.29, 1.82) is 0 Å². The summed E-state index contributed by atoms with van der Waals surface area (Å²) in [5.41, 5.74) is 12.8. The smallest absolute Gasteiger partial charge is 0.284 e. The molecule has 0 radical (unpaired) electrons. The van der Waals surface area contributed by atoms with E-state index in [0.29, 0.717) is 12.1 Å². The van der Waals surface area contributed by atoms with Crippen LogP contribution in [0.15, 0.2) is 54.6 Å². The quantitative estimate of drug-likeness (QED) is 0.715. The van der Waals surface area contributed by atoms with Gasteiger partial charge in [-0.15, -0.1) is 0 Å². The highest BCUT2D eigenvalue weighted by atomic mass is 19.1. The molecular formula is C21H21F2N3O2. The number of Topliss-reactive ketones (excluding diaryl/α,β-unsaturated/α-hetero) is 1. The zero-order chi connectivity index (χ0) is 20.3. The molecule has 1 heterocycles. The molecule has 0 aliphatic carbocycles. The predicted octanol–water partition coefficient (Wildman–Crippen LogP) is 2.18. The van der Waals surface area contributed by atoms with Crippen LogP contribution in [0.4, 0.5) is 8.78 Å². The number of amides is 1. The van der Waals surface area contributed by atoms with Crippen molar-refractivity contribution in [2.24, 2.45) is 11.5 Å². The number of rotatable bonds is 7. The van der Waals surface area contributed by atoms with Crippen molar-refractivity contribution in [3.05, 3.63) is 77.4 Å². The van der Waals surface area contributed by atoms with Crippen molar-refractivity contribution in [2.45, 2.75) is 18.5 Å². The van der Waals surface area contributed by atoms with Crippen LogP contribution in [0.5, 0.6) is 0 Å². The van der Waals surface area contributed by atoms with E-state index in [4.69, 9.17) is 11.5 Å². The summed E-state index contributed by atoms with van der Waals surface area (Å²) in [7, 11) is 0. The van der Waals surface area contributed by atoms with Gasteiger partial charge in [-0.3, -0.25) is 14.5 Å². The highest BCUT2D eigenvalue weighted by molar-refractivity contribution is 6.35. The number of ketones is 1. The number of carbonyl (C=O) groups is 2. The Kier molecular flexibility index (Phi) is 5.96. The van der Waals surface area contributed by atoms with Gasteiger partial charge in [-0.05, 0) is 29.3 Å². The number of halogens is 2. The predicted molar refractivity (Wildman–Crippen MR) is 102 cm³/mol. The Morgan fingerprint density at radius 2 is 1.86 bits per heavy atom. The Balaban J connectivity index is 1.86. The van der Waals surface area contributed by atoms with Crippen LogP contribution in [0.3, 0.4) is 0 Å². The summed E-state index contributed by atoms with van der Waals surface area (Å²) in [6.07, 6.45) is 1.70. The summed E-state index contributed by atoms with van der Waals surface area (Å²) in [4.78, 5) is 24.5. The monoisotopic (exact) mass is 385 g/mol. The Hall–Kier alpha value is -2.90. The standard InChI is InChI=1S/C21H21F2N3O2/c22-15-6-7-18(23)17(9-15)14-8-19(13-4-2-1-3-5-13)26(11-14)12-16(24)10-20(27)21(25)28/h1-9,16,19H,10-12,24H2,(H2,25,28)/t16-,19?/m0/s1. The lowest BCUT2D eigenvalue weighted by Gasteiger charge is -2.27. The molecule has 3 rings (SSSR count). The third-order valence-corrected chi connectivity index (χ3v) is 4.73. The van der Waals surface area contributed by atoms with Crippen LogP contribution in [-0.2, 0) is 9.59 Å². The number of hydrogen-bond donors (Lipinski definition) is 2. The summed E-state index contributed by atoms with van der Waals surface area (Å²) in [5, 5.41) is 0. The first-order valence-corrected chi connectivity index (χ1v) is 8.88. The van der Waals surface area contributed by atoms with E-state index in [9.17, 15) is 18.4 Å². The summed E-state index contributed by atoms with van der Waals surface area (Å²) < 4.78 is 27.9. The van der Waals surface area contributed by atoms with Crippen LogP contribution in [-0.4, -0.2) is 35.7 Å². The fraction of sp³-hybridized carbons (Fsp3) is 0.238. The molecule has 0 spiro atoms. The highest BCUT2D eigenvalue weighted by Gasteiger charge is 2.30. The Morgan fingerprint density at radius 3 is 2.54 bits per heavy atom. The van der Waals surface area contributed by atoms with Crippen LogP contribution < -0.4 is 11.5 Å². The van der Waals surface area contributed by atoms with Crippen LogP contribution in [0, 0.1) is 11.6 Å². The van der Waals surface area contributed by atoms with Crippen molar-refractivity contribution in [3.63, 3.8) is 0 Å². The Bertz CT molecular complexity index is 915. The second-order valence-electron chi connectivity index (χ2n) is 6.85. The van der Waals surface area contributed by atoms with Gasteiger partial charge in [-0.2, -0.15) is 0 Å². The van der Waals surface area contributed by atoms with Crippen molar-refractivity contribution in [1.82, 2.24) is 4.90 Å². The lowest BCUT2D eigenvalue weighted by atomic mass is 10.0. The van der Waals surface area contributed by atoms with Gasteiger partial charge in [-0.1, -0.05) is 36.4 Å². The number of nitrogens with two attached hydrogens (primary N) is 2. The number of primary amides is 1. The molecule has 146 valence electrons. The maximum atomic E-state index is 14.3. The van der Waals surface area contributed by atoms with Crippen molar-refractivity contribution in [2.75, 3.05) is 13.1 Å². The molecule has 0 bridgehead atoms. The zero-order valence-electron chi connectivity index (χ0n) is 15.1. The second-order valence-corrected chi connectivity index (χ2v) is 6.85. The lowest BCUT2D eigenvalue weighted by molar-refractivity contribution is -0.136. The van der Waals surface area contributed by atoms with Crippen LogP contribution in [0.2, 0.25) is 0 Å². The minimum absolute atomic E-state index is 0.170. The van der Waals surface area contributed by atoms with E-state index in [1.165, 1.54) is 6.07 Å². The van der Waals surface area contributed by atoms with Crippen molar-refractivity contribution < 1.29 is 18.4 Å². The van der Waals surface area contributed by atoms with Gasteiger partial charge in [0.05, 0.1) is 6.04 Å². The molecule has 0 aromatic heterocycles. The molecule has 0 saturated heterocycles. The van der Waals surface area contributed by atoms with Gasteiger partial charge in [0, 0.05) is 31.1 Å². The van der Waals surface area contributed by atoms with E-state index in [1.54, 1.807) is 0 Å². The molecule has 7 heteroatoms. The van der Waals surface area contributed by atoms with E-state index < -0.39 is 29.4 Å². The first kappa shape index (κ1) is 19.9. The van der Waals surface area contributed by atoms with Gasteiger partial charge in [0.1, 0.15) is 11.6 Å². The average molecular weight is 385 g/mol. The molecule has 5 nitrogen and oxygen atoms in total. The summed E-state index contributed by atoms with van der Waals surface area (Å²) in [6.45, 7) is 0.619. The van der Waals surface area contributed by atoms with E-state index >= 15 is 0 Å². The third kappa shape index (κ3) is 4.49. The largest absolute Gasteiger partial charge is 0.363 e. The maximum absolute atomic E-state index is 14.3. The molecule has 28 heavy (non-hydrogen) atoms. The van der Waals surface area contributed by atoms with E-state index in [-0.39, 0.29) is 24.6 Å². The lowest BCUT2D eigenvalue weighted by Crippen LogP contribution is -2.41. The fourth-order valence-corrected chi connectivity index (χ4v) is 3.42. The van der Waals surface area contributed by atoms with Gasteiger partial charge in [0.15, 0.2) is 0 Å². The van der Waals surface area contributed by atoms with Crippen LogP contribution in [0.25, 0.3) is 5.57 Å². The van der Waals surface area contributed by atoms with E-state index in [0.717, 1.165) is 17.7 Å². The fourth-order valence-electron chi connectivity index (χ4n) is 3.42. The molecule has 2 aromatic carbocycles. The second kappa shape index (κ2) is 8.41. The SMILES string of the molecule is NC(=O)C(=O)C[C@H](N)CN1CC(c2cc(F)ccc2F)=CC1c1ccccc1. The first-order chi connectivity index (χ1) is 13.3. The Morgan fingerprint density at radius 1 is 1.14 bits per heavy atom. The third-order valence-electron chi connectivity index (χ3n) is 4.73.